The summed E-state index contributed by atoms with van der Waals surface area (Å²) >= 11 is 0. The third-order valence-corrected chi connectivity index (χ3v) is 1.96. The van der Waals surface area contributed by atoms with E-state index < -0.39 is 0 Å². The zero-order chi connectivity index (χ0) is 8.97. The highest BCUT2D eigenvalue weighted by atomic mass is 16.5. The molecular formula is C11H14O. The van der Waals surface area contributed by atoms with E-state index in [1.165, 1.54) is 5.56 Å². The molecule has 0 bridgehead atoms. The van der Waals surface area contributed by atoms with Gasteiger partial charge in [-0.15, -0.1) is 0 Å². The first-order valence-electron chi connectivity index (χ1n) is 4.11. The summed E-state index contributed by atoms with van der Waals surface area (Å²) in [5.74, 6) is 0.907. The summed E-state index contributed by atoms with van der Waals surface area (Å²) in [6, 6.07) is 6.06. The Morgan fingerprint density at radius 3 is 2.75 bits per heavy atom. The Labute approximate surface area is 73.7 Å². The van der Waals surface area contributed by atoms with Gasteiger partial charge in [-0.25, -0.2) is 0 Å². The largest absolute Gasteiger partial charge is 0.496 e. The van der Waals surface area contributed by atoms with Crippen LogP contribution in [-0.4, -0.2) is 7.11 Å². The smallest absolute Gasteiger partial charge is 0.126 e. The number of hydrogen-bond donors (Lipinski definition) is 0. The van der Waals surface area contributed by atoms with Gasteiger partial charge in [0.2, 0.25) is 0 Å². The van der Waals surface area contributed by atoms with Gasteiger partial charge in [-0.3, -0.25) is 0 Å². The Hall–Kier alpha value is -1.24. The Kier molecular flexibility index (Phi) is 2.92. The Bertz CT molecular complexity index is 254. The first kappa shape index (κ1) is 8.85. The second-order valence-corrected chi connectivity index (χ2v) is 2.59. The molecule has 0 N–H and O–H groups in total. The lowest BCUT2D eigenvalue weighted by Crippen LogP contribution is -1.91. The van der Waals surface area contributed by atoms with Gasteiger partial charge in [0, 0.05) is 5.56 Å². The van der Waals surface area contributed by atoms with Crippen molar-refractivity contribution >= 4 is 6.08 Å². The van der Waals surface area contributed by atoms with Crippen LogP contribution in [0.2, 0.25) is 0 Å². The molecule has 0 saturated heterocycles. The fourth-order valence-electron chi connectivity index (χ4n) is 1.31. The molecule has 0 amide bonds. The standard InChI is InChI=1S/C11H14O/c1-4-9-7-6-8-11(12-3)10(9)5-2/h5-8H,2,4H2,1,3H3. The number of methoxy groups -OCH3 is 1. The van der Waals surface area contributed by atoms with Crippen molar-refractivity contribution in [3.63, 3.8) is 0 Å². The number of aryl methyl sites for hydroxylation is 1. The van der Waals surface area contributed by atoms with E-state index in [2.05, 4.69) is 19.6 Å². The minimum absolute atomic E-state index is 0.907. The molecule has 1 rings (SSSR count). The van der Waals surface area contributed by atoms with Crippen LogP contribution in [0.3, 0.4) is 0 Å². The summed E-state index contributed by atoms with van der Waals surface area (Å²) in [5.41, 5.74) is 2.40. The van der Waals surface area contributed by atoms with Crippen molar-refractivity contribution in [3.05, 3.63) is 35.9 Å². The molecule has 1 aromatic rings. The normalized spacial score (nSPS) is 9.50. The maximum absolute atomic E-state index is 5.21. The van der Waals surface area contributed by atoms with Gasteiger partial charge >= 0.3 is 0 Å². The maximum Gasteiger partial charge on any atom is 0.126 e. The van der Waals surface area contributed by atoms with Crippen LogP contribution in [0.25, 0.3) is 6.08 Å². The minimum Gasteiger partial charge on any atom is -0.496 e. The van der Waals surface area contributed by atoms with Crippen molar-refractivity contribution < 1.29 is 4.74 Å². The molecule has 0 fully saturated rings. The van der Waals surface area contributed by atoms with Crippen molar-refractivity contribution in [1.29, 1.82) is 0 Å². The molecule has 12 heavy (non-hydrogen) atoms. The van der Waals surface area contributed by atoms with Gasteiger partial charge in [0.15, 0.2) is 0 Å². The van der Waals surface area contributed by atoms with Gasteiger partial charge in [0.05, 0.1) is 7.11 Å². The second kappa shape index (κ2) is 3.96. The lowest BCUT2D eigenvalue weighted by Gasteiger charge is -2.08. The monoisotopic (exact) mass is 162 g/mol. The summed E-state index contributed by atoms with van der Waals surface area (Å²) in [6.45, 7) is 5.89. The Balaban J connectivity index is 3.21. The van der Waals surface area contributed by atoms with E-state index in [4.69, 9.17) is 4.74 Å². The van der Waals surface area contributed by atoms with Crippen molar-refractivity contribution in [3.8, 4) is 5.75 Å². The molecule has 1 nitrogen and oxygen atoms in total. The maximum atomic E-state index is 5.21. The lowest BCUT2D eigenvalue weighted by molar-refractivity contribution is 0.413. The zero-order valence-corrected chi connectivity index (χ0v) is 7.63. The molecule has 0 aliphatic heterocycles. The van der Waals surface area contributed by atoms with Gasteiger partial charge in [-0.1, -0.05) is 31.7 Å². The highest BCUT2D eigenvalue weighted by Crippen LogP contribution is 2.23. The number of rotatable bonds is 3. The topological polar surface area (TPSA) is 9.23 Å². The Morgan fingerprint density at radius 1 is 1.50 bits per heavy atom. The van der Waals surface area contributed by atoms with Gasteiger partial charge in [0.25, 0.3) is 0 Å². The van der Waals surface area contributed by atoms with Crippen LogP contribution in [0.5, 0.6) is 5.75 Å². The molecule has 64 valence electrons. The molecule has 0 aliphatic rings. The highest BCUT2D eigenvalue weighted by molar-refractivity contribution is 5.59. The fourth-order valence-corrected chi connectivity index (χ4v) is 1.31. The first-order valence-corrected chi connectivity index (χ1v) is 4.11. The molecule has 0 atom stereocenters. The zero-order valence-electron chi connectivity index (χ0n) is 7.63. The van der Waals surface area contributed by atoms with Gasteiger partial charge in [0.1, 0.15) is 5.75 Å². The van der Waals surface area contributed by atoms with Crippen LogP contribution in [0.1, 0.15) is 18.1 Å². The van der Waals surface area contributed by atoms with E-state index in [0.717, 1.165) is 17.7 Å². The molecule has 0 unspecified atom stereocenters. The predicted octanol–water partition coefficient (Wildman–Crippen LogP) is 2.90. The van der Waals surface area contributed by atoms with E-state index in [1.807, 2.05) is 18.2 Å². The van der Waals surface area contributed by atoms with Gasteiger partial charge in [-0.2, -0.15) is 0 Å². The van der Waals surface area contributed by atoms with Crippen molar-refractivity contribution in [2.45, 2.75) is 13.3 Å². The summed E-state index contributed by atoms with van der Waals surface area (Å²) in [6.07, 6.45) is 2.86. The number of hydrogen-bond acceptors (Lipinski definition) is 1. The molecule has 0 heterocycles. The third kappa shape index (κ3) is 1.50. The van der Waals surface area contributed by atoms with Crippen LogP contribution in [0.15, 0.2) is 24.8 Å². The van der Waals surface area contributed by atoms with Crippen LogP contribution in [0.4, 0.5) is 0 Å². The van der Waals surface area contributed by atoms with Gasteiger partial charge in [-0.05, 0) is 18.1 Å². The Morgan fingerprint density at radius 2 is 2.25 bits per heavy atom. The molecule has 0 aromatic heterocycles. The quantitative estimate of drug-likeness (QED) is 0.664. The SMILES string of the molecule is C=Cc1c(CC)cccc1OC. The molecule has 0 saturated carbocycles. The van der Waals surface area contributed by atoms with E-state index in [0.29, 0.717) is 0 Å². The minimum atomic E-state index is 0.907. The predicted molar refractivity (Wildman–Crippen MR) is 52.5 cm³/mol. The molecular weight excluding hydrogens is 148 g/mol. The second-order valence-electron chi connectivity index (χ2n) is 2.59. The molecule has 1 aromatic carbocycles. The van der Waals surface area contributed by atoms with Crippen molar-refractivity contribution in [2.24, 2.45) is 0 Å². The van der Waals surface area contributed by atoms with Crippen LogP contribution in [-0.2, 0) is 6.42 Å². The number of benzene rings is 1. The highest BCUT2D eigenvalue weighted by Gasteiger charge is 2.02. The van der Waals surface area contributed by atoms with Gasteiger partial charge < -0.3 is 4.74 Å². The fraction of sp³-hybridized carbons (Fsp3) is 0.273. The summed E-state index contributed by atoms with van der Waals surface area (Å²) in [4.78, 5) is 0. The number of ether oxygens (including phenoxy) is 1. The van der Waals surface area contributed by atoms with Crippen LogP contribution < -0.4 is 4.74 Å². The molecule has 0 aliphatic carbocycles. The molecule has 0 spiro atoms. The van der Waals surface area contributed by atoms with E-state index in [9.17, 15) is 0 Å². The average molecular weight is 162 g/mol. The van der Waals surface area contributed by atoms with Crippen LogP contribution >= 0.6 is 0 Å². The van der Waals surface area contributed by atoms with E-state index in [1.54, 1.807) is 7.11 Å². The summed E-state index contributed by atoms with van der Waals surface area (Å²) < 4.78 is 5.21. The van der Waals surface area contributed by atoms with E-state index in [-0.39, 0.29) is 0 Å². The van der Waals surface area contributed by atoms with Crippen LogP contribution in [0, 0.1) is 0 Å². The summed E-state index contributed by atoms with van der Waals surface area (Å²) in [5, 5.41) is 0. The summed E-state index contributed by atoms with van der Waals surface area (Å²) in [7, 11) is 1.68. The lowest BCUT2D eigenvalue weighted by atomic mass is 10.0. The average Bonchev–Trinajstić information content (AvgIpc) is 2.16. The first-order chi connectivity index (χ1) is 5.83. The van der Waals surface area contributed by atoms with Crippen molar-refractivity contribution in [1.82, 2.24) is 0 Å². The third-order valence-electron chi connectivity index (χ3n) is 1.96. The molecule has 1 heteroatoms. The molecule has 0 radical (unpaired) electrons. The van der Waals surface area contributed by atoms with E-state index >= 15 is 0 Å². The van der Waals surface area contributed by atoms with Crippen molar-refractivity contribution in [2.75, 3.05) is 7.11 Å².